The van der Waals surface area contributed by atoms with Crippen molar-refractivity contribution in [3.8, 4) is 0 Å². The summed E-state index contributed by atoms with van der Waals surface area (Å²) in [6, 6.07) is 4.31. The number of nitrogens with one attached hydrogen (secondary N) is 1. The summed E-state index contributed by atoms with van der Waals surface area (Å²) in [4.78, 5) is 31.0. The van der Waals surface area contributed by atoms with Crippen molar-refractivity contribution in [2.75, 3.05) is 11.1 Å². The molecule has 5 nitrogen and oxygen atoms in total. The van der Waals surface area contributed by atoms with Crippen molar-refractivity contribution in [2.24, 2.45) is 9.98 Å². The summed E-state index contributed by atoms with van der Waals surface area (Å²) < 4.78 is 37.8. The van der Waals surface area contributed by atoms with E-state index in [2.05, 4.69) is 21.9 Å². The van der Waals surface area contributed by atoms with E-state index < -0.39 is 23.6 Å². The number of rotatable bonds is 3. The molecule has 0 saturated heterocycles. The third-order valence-electron chi connectivity index (χ3n) is 2.96. The number of carbonyl (C=O) groups excluding carboxylic acids is 2. The highest BCUT2D eigenvalue weighted by atomic mass is 32.2. The molecule has 0 bridgehead atoms. The maximum Gasteiger partial charge on any atom is 0.416 e. The van der Waals surface area contributed by atoms with Gasteiger partial charge in [0.25, 0.3) is 5.91 Å². The quantitative estimate of drug-likeness (QED) is 0.846. The van der Waals surface area contributed by atoms with Crippen molar-refractivity contribution in [3.05, 3.63) is 42.0 Å². The second-order valence-electron chi connectivity index (χ2n) is 4.79. The van der Waals surface area contributed by atoms with Crippen molar-refractivity contribution >= 4 is 40.1 Å². The molecular weight excluding hydrogens is 343 g/mol. The number of hydrogen-bond donors (Lipinski definition) is 1. The normalized spacial score (nSPS) is 15.0. The van der Waals surface area contributed by atoms with Gasteiger partial charge in [-0.3, -0.25) is 9.59 Å². The molecule has 1 aromatic rings. The lowest BCUT2D eigenvalue weighted by Gasteiger charge is -2.11. The van der Waals surface area contributed by atoms with Gasteiger partial charge in [-0.1, -0.05) is 24.4 Å². The Balaban J connectivity index is 1.96. The number of carbonyl (C=O) groups is 2. The molecule has 0 aliphatic carbocycles. The first-order chi connectivity index (χ1) is 11.2. The first-order valence-electron chi connectivity index (χ1n) is 6.64. The highest BCUT2D eigenvalue weighted by Crippen LogP contribution is 2.30. The Hall–Kier alpha value is -2.42. The van der Waals surface area contributed by atoms with Crippen molar-refractivity contribution in [1.82, 2.24) is 0 Å². The van der Waals surface area contributed by atoms with Gasteiger partial charge in [0.1, 0.15) is 0 Å². The van der Waals surface area contributed by atoms with Crippen LogP contribution >= 0.6 is 11.8 Å². The van der Waals surface area contributed by atoms with Gasteiger partial charge in [0.15, 0.2) is 5.17 Å². The fourth-order valence-electron chi connectivity index (χ4n) is 1.71. The minimum Gasteiger partial charge on any atom is -0.325 e. The van der Waals surface area contributed by atoms with Crippen LogP contribution in [0.1, 0.15) is 12.5 Å². The van der Waals surface area contributed by atoms with E-state index in [-0.39, 0.29) is 22.2 Å². The molecule has 1 aliphatic heterocycles. The van der Waals surface area contributed by atoms with E-state index in [1.807, 2.05) is 0 Å². The molecule has 0 unspecified atom stereocenters. The van der Waals surface area contributed by atoms with Gasteiger partial charge in [-0.05, 0) is 25.1 Å². The standard InChI is InChI=1S/C15H12F3N3O2S/c1-8-9(2)19-14(21-13(8)23)24-7-12(22)20-11-5-3-4-10(6-11)15(16,17)18/h3-6H,1,7H2,2H3,(H,20,22). The minimum absolute atomic E-state index is 0.0325. The van der Waals surface area contributed by atoms with Gasteiger partial charge in [0.2, 0.25) is 5.91 Å². The van der Waals surface area contributed by atoms with E-state index in [0.717, 1.165) is 23.9 Å². The predicted molar refractivity (Wildman–Crippen MR) is 87.2 cm³/mol. The Morgan fingerprint density at radius 2 is 2.04 bits per heavy atom. The topological polar surface area (TPSA) is 70.9 Å². The zero-order valence-electron chi connectivity index (χ0n) is 12.5. The number of amidine groups is 1. The molecule has 24 heavy (non-hydrogen) atoms. The number of halogens is 3. The molecule has 0 saturated carbocycles. The van der Waals surface area contributed by atoms with Gasteiger partial charge in [0, 0.05) is 5.69 Å². The van der Waals surface area contributed by atoms with Crippen LogP contribution in [0.4, 0.5) is 18.9 Å². The van der Waals surface area contributed by atoms with Crippen molar-refractivity contribution < 1.29 is 22.8 Å². The molecule has 0 spiro atoms. The van der Waals surface area contributed by atoms with Crippen LogP contribution in [0, 0.1) is 0 Å². The molecule has 0 fully saturated rings. The summed E-state index contributed by atoms with van der Waals surface area (Å²) in [7, 11) is 0. The van der Waals surface area contributed by atoms with Crippen LogP contribution in [0.2, 0.25) is 0 Å². The van der Waals surface area contributed by atoms with Gasteiger partial charge in [-0.25, -0.2) is 4.99 Å². The number of aliphatic imine (C=N–C) groups is 2. The highest BCUT2D eigenvalue weighted by Gasteiger charge is 2.30. The van der Waals surface area contributed by atoms with E-state index in [4.69, 9.17) is 0 Å². The summed E-state index contributed by atoms with van der Waals surface area (Å²) in [5.74, 6) is -1.21. The number of thioether (sulfide) groups is 1. The summed E-state index contributed by atoms with van der Waals surface area (Å²) in [5.41, 5.74) is -0.220. The zero-order chi connectivity index (χ0) is 17.9. The Morgan fingerprint density at radius 3 is 2.67 bits per heavy atom. The number of amides is 2. The number of benzene rings is 1. The molecule has 9 heteroatoms. The number of nitrogens with zero attached hydrogens (tertiary/aromatic N) is 2. The van der Waals surface area contributed by atoms with Crippen LogP contribution in [-0.2, 0) is 15.8 Å². The first kappa shape index (κ1) is 17.9. The third-order valence-corrected chi connectivity index (χ3v) is 3.81. The summed E-state index contributed by atoms with van der Waals surface area (Å²) >= 11 is 0.910. The van der Waals surface area contributed by atoms with Crippen LogP contribution in [-0.4, -0.2) is 28.4 Å². The van der Waals surface area contributed by atoms with Crippen LogP contribution in [0.25, 0.3) is 0 Å². The maximum absolute atomic E-state index is 12.6. The highest BCUT2D eigenvalue weighted by molar-refractivity contribution is 8.14. The molecule has 2 amide bonds. The minimum atomic E-state index is -4.48. The fraction of sp³-hybridized carbons (Fsp3) is 0.200. The Morgan fingerprint density at radius 1 is 1.33 bits per heavy atom. The van der Waals surface area contributed by atoms with E-state index in [1.165, 1.54) is 12.1 Å². The first-order valence-corrected chi connectivity index (χ1v) is 7.63. The molecule has 0 radical (unpaired) electrons. The van der Waals surface area contributed by atoms with Crippen molar-refractivity contribution in [2.45, 2.75) is 13.1 Å². The molecule has 1 N–H and O–H groups in total. The van der Waals surface area contributed by atoms with Crippen LogP contribution < -0.4 is 5.32 Å². The Bertz CT molecular complexity index is 769. The zero-order valence-corrected chi connectivity index (χ0v) is 13.3. The lowest BCUT2D eigenvalue weighted by Crippen LogP contribution is -2.19. The van der Waals surface area contributed by atoms with Gasteiger partial charge in [-0.15, -0.1) is 0 Å². The molecule has 0 atom stereocenters. The molecule has 126 valence electrons. The van der Waals surface area contributed by atoms with E-state index >= 15 is 0 Å². The maximum atomic E-state index is 12.6. The average molecular weight is 355 g/mol. The molecule has 1 heterocycles. The van der Waals surface area contributed by atoms with Crippen molar-refractivity contribution in [3.63, 3.8) is 0 Å². The predicted octanol–water partition coefficient (Wildman–Crippen LogP) is 3.29. The van der Waals surface area contributed by atoms with E-state index in [9.17, 15) is 22.8 Å². The van der Waals surface area contributed by atoms with Crippen molar-refractivity contribution in [1.29, 1.82) is 0 Å². The van der Waals surface area contributed by atoms with Crippen LogP contribution in [0.15, 0.2) is 46.4 Å². The summed E-state index contributed by atoms with van der Waals surface area (Å²) in [6.07, 6.45) is -4.48. The second-order valence-corrected chi connectivity index (χ2v) is 5.73. The van der Waals surface area contributed by atoms with Crippen LogP contribution in [0.3, 0.4) is 0 Å². The molecule has 1 aromatic carbocycles. The number of hydrogen-bond acceptors (Lipinski definition) is 4. The fourth-order valence-corrected chi connectivity index (χ4v) is 2.39. The lowest BCUT2D eigenvalue weighted by atomic mass is 10.2. The number of alkyl halides is 3. The van der Waals surface area contributed by atoms with Gasteiger partial charge in [0.05, 0.1) is 22.6 Å². The Labute approximate surface area is 139 Å². The third kappa shape index (κ3) is 4.54. The molecule has 0 aromatic heterocycles. The molecule has 1 aliphatic rings. The van der Waals surface area contributed by atoms with E-state index in [1.54, 1.807) is 6.92 Å². The Kier molecular flexibility index (Phi) is 5.23. The van der Waals surface area contributed by atoms with Gasteiger partial charge >= 0.3 is 6.18 Å². The summed E-state index contributed by atoms with van der Waals surface area (Å²) in [5, 5.41) is 2.47. The smallest absolute Gasteiger partial charge is 0.325 e. The molecular formula is C15H12F3N3O2S. The second kappa shape index (κ2) is 7.00. The van der Waals surface area contributed by atoms with E-state index in [0.29, 0.717) is 5.71 Å². The lowest BCUT2D eigenvalue weighted by molar-refractivity contribution is -0.137. The van der Waals surface area contributed by atoms with Gasteiger partial charge < -0.3 is 5.32 Å². The summed E-state index contributed by atoms with van der Waals surface area (Å²) in [6.45, 7) is 5.12. The number of anilines is 1. The largest absolute Gasteiger partial charge is 0.416 e. The monoisotopic (exact) mass is 355 g/mol. The average Bonchev–Trinajstić information content (AvgIpc) is 2.50. The van der Waals surface area contributed by atoms with Gasteiger partial charge in [-0.2, -0.15) is 18.2 Å². The van der Waals surface area contributed by atoms with Crippen LogP contribution in [0.5, 0.6) is 0 Å². The SMILES string of the molecule is C=C1C(=O)N=C(SCC(=O)Nc2cccc(C(F)(F)F)c2)N=C1C. The molecule has 2 rings (SSSR count).